The molecule has 12 nitrogen and oxygen atoms in total. The van der Waals surface area contributed by atoms with Gasteiger partial charge in [-0.25, -0.2) is 0 Å². The fourth-order valence-electron chi connectivity index (χ4n) is 3.66. The van der Waals surface area contributed by atoms with Gasteiger partial charge in [0.1, 0.15) is 48.8 Å². The SMILES string of the molecule is NCC(O[C@@H]1O[C@H](CO[C@@H]2O[C@H](CO)[C@@H](O)[C@H](O)[C@H]2O)[C@@H](O)[C@H](O)[C@H]1O)c1ccccc1. The molecular weight excluding hydrogens is 430 g/mol. The summed E-state index contributed by atoms with van der Waals surface area (Å²) in [5, 5.41) is 69.9. The lowest BCUT2D eigenvalue weighted by atomic mass is 9.98. The van der Waals surface area contributed by atoms with Crippen LogP contribution in [0.25, 0.3) is 0 Å². The molecule has 9 N–H and O–H groups in total. The van der Waals surface area contributed by atoms with E-state index < -0.39 is 80.7 Å². The molecule has 0 radical (unpaired) electrons. The van der Waals surface area contributed by atoms with Crippen LogP contribution >= 0.6 is 0 Å². The monoisotopic (exact) mass is 461 g/mol. The van der Waals surface area contributed by atoms with Gasteiger partial charge in [0.05, 0.1) is 19.3 Å². The van der Waals surface area contributed by atoms with Crippen LogP contribution in [-0.4, -0.2) is 117 Å². The molecule has 2 aliphatic heterocycles. The smallest absolute Gasteiger partial charge is 0.187 e. The number of aliphatic hydroxyl groups excluding tert-OH is 7. The Morgan fingerprint density at radius 3 is 1.94 bits per heavy atom. The lowest BCUT2D eigenvalue weighted by molar-refractivity contribution is -0.335. The minimum atomic E-state index is -1.64. The molecule has 2 aliphatic rings. The summed E-state index contributed by atoms with van der Waals surface area (Å²) in [6, 6.07) is 8.94. The van der Waals surface area contributed by atoms with Gasteiger partial charge in [0.25, 0.3) is 0 Å². The number of rotatable bonds is 8. The second-order valence-corrected chi connectivity index (χ2v) is 7.82. The van der Waals surface area contributed by atoms with Crippen LogP contribution in [-0.2, 0) is 18.9 Å². The minimum absolute atomic E-state index is 0.0568. The Morgan fingerprint density at radius 2 is 1.34 bits per heavy atom. The van der Waals surface area contributed by atoms with E-state index in [-0.39, 0.29) is 6.54 Å². The van der Waals surface area contributed by atoms with Gasteiger partial charge in [-0.1, -0.05) is 30.3 Å². The number of aliphatic hydroxyl groups is 7. The van der Waals surface area contributed by atoms with Crippen molar-refractivity contribution in [3.8, 4) is 0 Å². The van der Waals surface area contributed by atoms with Crippen molar-refractivity contribution >= 4 is 0 Å². The Labute approximate surface area is 184 Å². The van der Waals surface area contributed by atoms with Gasteiger partial charge in [0.2, 0.25) is 0 Å². The third-order valence-electron chi connectivity index (χ3n) is 5.63. The van der Waals surface area contributed by atoms with Gasteiger partial charge in [0.15, 0.2) is 12.6 Å². The van der Waals surface area contributed by atoms with Gasteiger partial charge >= 0.3 is 0 Å². The van der Waals surface area contributed by atoms with E-state index in [0.717, 1.165) is 5.56 Å². The summed E-state index contributed by atoms with van der Waals surface area (Å²) in [7, 11) is 0. The standard InChI is InChI=1S/C20H31NO11/c21-6-10(9-4-2-1-3-5-9)30-20-18(28)16(26)14(24)12(32-20)8-29-19-17(27)15(25)13(23)11(7-22)31-19/h1-5,10-20,22-28H,6-8,21H2/t10?,11-,12-,13-,14-,15+,16+,17-,18-,19-,20-/m1/s1. The highest BCUT2D eigenvalue weighted by Gasteiger charge is 2.47. The van der Waals surface area contributed by atoms with E-state index in [1.54, 1.807) is 24.3 Å². The molecule has 2 saturated heterocycles. The summed E-state index contributed by atoms with van der Waals surface area (Å²) >= 11 is 0. The Balaban J connectivity index is 1.65. The second kappa shape index (κ2) is 11.2. The van der Waals surface area contributed by atoms with Crippen molar-refractivity contribution in [2.24, 2.45) is 5.73 Å². The maximum atomic E-state index is 10.3. The van der Waals surface area contributed by atoms with Gasteiger partial charge in [-0.05, 0) is 5.56 Å². The van der Waals surface area contributed by atoms with E-state index in [2.05, 4.69) is 0 Å². The van der Waals surface area contributed by atoms with Crippen molar-refractivity contribution in [3.63, 3.8) is 0 Å². The van der Waals surface area contributed by atoms with Gasteiger partial charge in [0, 0.05) is 6.54 Å². The van der Waals surface area contributed by atoms with E-state index in [4.69, 9.17) is 24.7 Å². The molecule has 1 aromatic rings. The predicted molar refractivity (Wildman–Crippen MR) is 106 cm³/mol. The molecule has 0 aliphatic carbocycles. The second-order valence-electron chi connectivity index (χ2n) is 7.82. The van der Waals surface area contributed by atoms with Crippen LogP contribution in [0.5, 0.6) is 0 Å². The number of ether oxygens (including phenoxy) is 4. The normalized spacial score (nSPS) is 41.4. The molecule has 2 fully saturated rings. The van der Waals surface area contributed by atoms with Crippen molar-refractivity contribution in [2.45, 2.75) is 67.5 Å². The van der Waals surface area contributed by atoms with Crippen molar-refractivity contribution < 1.29 is 54.7 Å². The summed E-state index contributed by atoms with van der Waals surface area (Å²) in [5.74, 6) is 0. The highest BCUT2D eigenvalue weighted by Crippen LogP contribution is 2.28. The number of hydrogen-bond donors (Lipinski definition) is 8. The van der Waals surface area contributed by atoms with Crippen LogP contribution in [0.4, 0.5) is 0 Å². The van der Waals surface area contributed by atoms with E-state index in [9.17, 15) is 35.7 Å². The topological polar surface area (TPSA) is 205 Å². The first-order valence-electron chi connectivity index (χ1n) is 10.3. The van der Waals surface area contributed by atoms with Crippen LogP contribution in [0.3, 0.4) is 0 Å². The number of nitrogens with two attached hydrogens (primary N) is 1. The van der Waals surface area contributed by atoms with Gasteiger partial charge in [-0.15, -0.1) is 0 Å². The maximum absolute atomic E-state index is 10.3. The van der Waals surface area contributed by atoms with Crippen molar-refractivity contribution in [3.05, 3.63) is 35.9 Å². The van der Waals surface area contributed by atoms with Gasteiger partial charge < -0.3 is 60.4 Å². The van der Waals surface area contributed by atoms with E-state index in [1.165, 1.54) is 0 Å². The Morgan fingerprint density at radius 1 is 0.781 bits per heavy atom. The summed E-state index contributed by atoms with van der Waals surface area (Å²) in [6.07, 6.45) is -15.5. The zero-order chi connectivity index (χ0) is 23.4. The first-order chi connectivity index (χ1) is 15.3. The van der Waals surface area contributed by atoms with Crippen molar-refractivity contribution in [1.82, 2.24) is 0 Å². The van der Waals surface area contributed by atoms with E-state index >= 15 is 0 Å². The largest absolute Gasteiger partial charge is 0.394 e. The predicted octanol–water partition coefficient (Wildman–Crippen LogP) is -3.67. The third kappa shape index (κ3) is 5.44. The fraction of sp³-hybridized carbons (Fsp3) is 0.700. The molecule has 0 aromatic heterocycles. The zero-order valence-electron chi connectivity index (χ0n) is 17.2. The molecule has 0 bridgehead atoms. The van der Waals surface area contributed by atoms with Gasteiger partial charge in [-0.2, -0.15) is 0 Å². The Kier molecular flexibility index (Phi) is 8.91. The minimum Gasteiger partial charge on any atom is -0.394 e. The lowest BCUT2D eigenvalue weighted by Crippen LogP contribution is -2.61. The highest BCUT2D eigenvalue weighted by atomic mass is 16.7. The molecule has 2 heterocycles. The number of benzene rings is 1. The third-order valence-corrected chi connectivity index (χ3v) is 5.63. The molecule has 182 valence electrons. The molecule has 0 spiro atoms. The molecule has 3 rings (SSSR count). The van der Waals surface area contributed by atoms with Crippen LogP contribution in [0.2, 0.25) is 0 Å². The Bertz CT molecular complexity index is 695. The van der Waals surface area contributed by atoms with E-state index in [0.29, 0.717) is 0 Å². The van der Waals surface area contributed by atoms with E-state index in [1.807, 2.05) is 6.07 Å². The first kappa shape index (κ1) is 25.4. The quantitative estimate of drug-likeness (QED) is 0.189. The molecule has 0 amide bonds. The maximum Gasteiger partial charge on any atom is 0.187 e. The summed E-state index contributed by atoms with van der Waals surface area (Å²) in [6.45, 7) is -1.01. The molecule has 32 heavy (non-hydrogen) atoms. The highest BCUT2D eigenvalue weighted by molar-refractivity contribution is 5.18. The van der Waals surface area contributed by atoms with Crippen LogP contribution in [0, 0.1) is 0 Å². The summed E-state index contributed by atoms with van der Waals surface area (Å²) < 4.78 is 22.0. The van der Waals surface area contributed by atoms with Crippen LogP contribution in [0.1, 0.15) is 11.7 Å². The summed E-state index contributed by atoms with van der Waals surface area (Å²) in [4.78, 5) is 0. The molecule has 0 saturated carbocycles. The molecule has 1 aromatic carbocycles. The molecular formula is C20H31NO11. The van der Waals surface area contributed by atoms with Gasteiger partial charge in [-0.3, -0.25) is 0 Å². The van der Waals surface area contributed by atoms with Crippen LogP contribution < -0.4 is 5.73 Å². The average Bonchev–Trinajstić information content (AvgIpc) is 2.81. The molecule has 1 unspecified atom stereocenters. The first-order valence-corrected chi connectivity index (χ1v) is 10.3. The average molecular weight is 461 g/mol. The summed E-state index contributed by atoms with van der Waals surface area (Å²) in [5.41, 5.74) is 6.50. The van der Waals surface area contributed by atoms with Crippen molar-refractivity contribution in [1.29, 1.82) is 0 Å². The Hall–Kier alpha value is -1.26. The van der Waals surface area contributed by atoms with Crippen LogP contribution in [0.15, 0.2) is 30.3 Å². The fourth-order valence-corrected chi connectivity index (χ4v) is 3.66. The molecule has 11 atom stereocenters. The van der Waals surface area contributed by atoms with Crippen molar-refractivity contribution in [2.75, 3.05) is 19.8 Å². The molecule has 12 heteroatoms. The lowest BCUT2D eigenvalue weighted by Gasteiger charge is -2.43. The number of hydrogen-bond acceptors (Lipinski definition) is 12. The zero-order valence-corrected chi connectivity index (χ0v) is 17.2.